The smallest absolute Gasteiger partial charge is 0.229 e. The van der Waals surface area contributed by atoms with E-state index in [9.17, 15) is 8.78 Å². The van der Waals surface area contributed by atoms with Gasteiger partial charge in [0.25, 0.3) is 0 Å². The molecule has 9 heteroatoms. The van der Waals surface area contributed by atoms with E-state index in [1.165, 1.54) is 12.5 Å². The lowest BCUT2D eigenvalue weighted by Gasteiger charge is -2.19. The molecule has 1 aliphatic rings. The van der Waals surface area contributed by atoms with Crippen LogP contribution in [0.4, 0.5) is 20.5 Å². The summed E-state index contributed by atoms with van der Waals surface area (Å²) in [6.45, 7) is 15.7. The molecule has 1 N–H and O–H groups in total. The SMILES string of the molecule is C=C(c1ccc(Nc2ncc(F)c(-c3cc(F)c4nc(C)n(C(C)C)c4c3)n2)nc1)C1CCCN(CC)CC1. The number of nitrogens with one attached hydrogen (secondary N) is 1. The van der Waals surface area contributed by atoms with E-state index in [4.69, 9.17) is 0 Å². The molecule has 0 bridgehead atoms. The van der Waals surface area contributed by atoms with Crippen LogP contribution in [0.3, 0.4) is 0 Å². The van der Waals surface area contributed by atoms with E-state index in [0.29, 0.717) is 28.6 Å². The second-order valence-corrected chi connectivity index (χ2v) is 10.5. The zero-order valence-electron chi connectivity index (χ0n) is 23.0. The monoisotopic (exact) mass is 531 g/mol. The Morgan fingerprint density at radius 1 is 1.08 bits per heavy atom. The van der Waals surface area contributed by atoms with Crippen LogP contribution >= 0.6 is 0 Å². The Kier molecular flexibility index (Phi) is 7.70. The van der Waals surface area contributed by atoms with Gasteiger partial charge in [-0.05, 0) is 101 Å². The Hall–Kier alpha value is -3.72. The number of allylic oxidation sites excluding steroid dienone is 1. The fourth-order valence-electron chi connectivity index (χ4n) is 5.52. The van der Waals surface area contributed by atoms with Crippen molar-refractivity contribution in [3.8, 4) is 11.3 Å². The fraction of sp³-hybridized carbons (Fsp3) is 0.400. The van der Waals surface area contributed by atoms with E-state index >= 15 is 0 Å². The average molecular weight is 532 g/mol. The van der Waals surface area contributed by atoms with Gasteiger partial charge in [-0.3, -0.25) is 0 Å². The third kappa shape index (κ3) is 5.54. The van der Waals surface area contributed by atoms with Gasteiger partial charge in [-0.15, -0.1) is 0 Å². The molecule has 1 atom stereocenters. The van der Waals surface area contributed by atoms with Crippen molar-refractivity contribution in [2.45, 2.75) is 53.0 Å². The summed E-state index contributed by atoms with van der Waals surface area (Å²) < 4.78 is 31.8. The maximum atomic E-state index is 15.0. The van der Waals surface area contributed by atoms with Gasteiger partial charge in [-0.25, -0.2) is 28.7 Å². The predicted octanol–water partition coefficient (Wildman–Crippen LogP) is 6.93. The number of nitrogens with zero attached hydrogens (tertiary/aromatic N) is 6. The molecule has 4 heterocycles. The van der Waals surface area contributed by atoms with Gasteiger partial charge < -0.3 is 14.8 Å². The van der Waals surface area contributed by atoms with Crippen molar-refractivity contribution in [1.29, 1.82) is 0 Å². The van der Waals surface area contributed by atoms with E-state index in [-0.39, 0.29) is 23.2 Å². The van der Waals surface area contributed by atoms with Gasteiger partial charge in [0, 0.05) is 17.8 Å². The molecule has 1 saturated heterocycles. The summed E-state index contributed by atoms with van der Waals surface area (Å²) in [5, 5.41) is 3.05. The summed E-state index contributed by atoms with van der Waals surface area (Å²) >= 11 is 0. The Bertz CT molecular complexity index is 1490. The maximum Gasteiger partial charge on any atom is 0.229 e. The molecular weight excluding hydrogens is 496 g/mol. The fourth-order valence-corrected chi connectivity index (χ4v) is 5.52. The van der Waals surface area contributed by atoms with Gasteiger partial charge in [0.05, 0.1) is 11.7 Å². The van der Waals surface area contributed by atoms with Crippen molar-refractivity contribution >= 4 is 28.4 Å². The first kappa shape index (κ1) is 26.9. The molecule has 4 aromatic rings. The minimum atomic E-state index is -0.642. The second kappa shape index (κ2) is 11.2. The van der Waals surface area contributed by atoms with Crippen LogP contribution in [0.2, 0.25) is 0 Å². The number of anilines is 2. The molecule has 0 aliphatic carbocycles. The molecule has 5 rings (SSSR count). The van der Waals surface area contributed by atoms with Gasteiger partial charge in [0.2, 0.25) is 5.95 Å². The number of hydrogen-bond donors (Lipinski definition) is 1. The third-order valence-electron chi connectivity index (χ3n) is 7.59. The molecule has 1 fully saturated rings. The standard InChI is InChI=1S/C30H35F2N7/c1-6-38-12-7-8-21(11-13-38)19(4)22-9-10-27(33-16-22)36-30-34-17-25(32)28(37-30)23-14-24(31)29-26(15-23)39(18(2)3)20(5)35-29/h9-10,14-18,21H,4,6-8,11-13H2,1-3,5H3,(H,33,34,36,37). The molecule has 1 aliphatic heterocycles. The Morgan fingerprint density at radius 3 is 2.62 bits per heavy atom. The third-order valence-corrected chi connectivity index (χ3v) is 7.59. The van der Waals surface area contributed by atoms with Crippen molar-refractivity contribution < 1.29 is 8.78 Å². The van der Waals surface area contributed by atoms with Crippen LogP contribution in [0.1, 0.15) is 57.5 Å². The summed E-state index contributed by atoms with van der Waals surface area (Å²) in [4.78, 5) is 19.8. The number of imidazole rings is 1. The lowest BCUT2D eigenvalue weighted by Crippen LogP contribution is -2.24. The van der Waals surface area contributed by atoms with Crippen molar-refractivity contribution in [3.63, 3.8) is 0 Å². The molecule has 1 aromatic carbocycles. The first-order valence-electron chi connectivity index (χ1n) is 13.6. The van der Waals surface area contributed by atoms with Gasteiger partial charge in [-0.1, -0.05) is 13.5 Å². The largest absolute Gasteiger partial charge is 0.326 e. The van der Waals surface area contributed by atoms with Crippen LogP contribution in [0.5, 0.6) is 0 Å². The summed E-state index contributed by atoms with van der Waals surface area (Å²) in [5.74, 6) is 0.669. The summed E-state index contributed by atoms with van der Waals surface area (Å²) in [6, 6.07) is 6.89. The highest BCUT2D eigenvalue weighted by Gasteiger charge is 2.21. The van der Waals surface area contributed by atoms with Crippen molar-refractivity contribution in [1.82, 2.24) is 29.4 Å². The zero-order chi connectivity index (χ0) is 27.7. The van der Waals surface area contributed by atoms with Gasteiger partial charge in [0.1, 0.15) is 22.9 Å². The molecule has 204 valence electrons. The topological polar surface area (TPSA) is 71.8 Å². The Balaban J connectivity index is 1.36. The highest BCUT2D eigenvalue weighted by molar-refractivity contribution is 5.83. The quantitative estimate of drug-likeness (QED) is 0.279. The van der Waals surface area contributed by atoms with E-state index in [1.807, 2.05) is 37.5 Å². The minimum Gasteiger partial charge on any atom is -0.326 e. The molecule has 0 saturated carbocycles. The van der Waals surface area contributed by atoms with Crippen LogP contribution in [-0.2, 0) is 0 Å². The highest BCUT2D eigenvalue weighted by Crippen LogP contribution is 2.32. The first-order chi connectivity index (χ1) is 18.7. The number of aromatic nitrogens is 5. The molecule has 0 spiro atoms. The number of fused-ring (bicyclic) bond motifs is 1. The van der Waals surface area contributed by atoms with Crippen molar-refractivity contribution in [3.05, 3.63) is 66.3 Å². The molecule has 0 radical (unpaired) electrons. The molecule has 7 nitrogen and oxygen atoms in total. The van der Waals surface area contributed by atoms with Gasteiger partial charge in [0.15, 0.2) is 11.6 Å². The van der Waals surface area contributed by atoms with Crippen LogP contribution in [-0.4, -0.2) is 49.0 Å². The summed E-state index contributed by atoms with van der Waals surface area (Å²) in [5.41, 5.74) is 3.29. The van der Waals surface area contributed by atoms with Crippen molar-refractivity contribution in [2.75, 3.05) is 25.0 Å². The zero-order valence-corrected chi connectivity index (χ0v) is 23.0. The van der Waals surface area contributed by atoms with Crippen LogP contribution in [0.15, 0.2) is 43.2 Å². The number of likely N-dealkylation sites (tertiary alicyclic amines) is 1. The van der Waals surface area contributed by atoms with Crippen molar-refractivity contribution in [2.24, 2.45) is 5.92 Å². The van der Waals surface area contributed by atoms with E-state index in [1.54, 1.807) is 12.3 Å². The number of benzene rings is 1. The number of rotatable bonds is 7. The Morgan fingerprint density at radius 2 is 1.90 bits per heavy atom. The summed E-state index contributed by atoms with van der Waals surface area (Å²) in [6.07, 6.45) is 6.29. The van der Waals surface area contributed by atoms with Crippen LogP contribution < -0.4 is 5.32 Å². The molecule has 0 amide bonds. The van der Waals surface area contributed by atoms with Gasteiger partial charge in [-0.2, -0.15) is 0 Å². The van der Waals surface area contributed by atoms with E-state index in [2.05, 4.69) is 43.7 Å². The molecule has 39 heavy (non-hydrogen) atoms. The number of aryl methyl sites for hydroxylation is 1. The number of hydrogen-bond acceptors (Lipinski definition) is 6. The molecular formula is C30H35F2N7. The predicted molar refractivity (Wildman–Crippen MR) is 152 cm³/mol. The number of halogens is 2. The first-order valence-corrected chi connectivity index (χ1v) is 13.6. The summed E-state index contributed by atoms with van der Waals surface area (Å²) in [7, 11) is 0. The second-order valence-electron chi connectivity index (χ2n) is 10.5. The molecule has 1 unspecified atom stereocenters. The maximum absolute atomic E-state index is 15.0. The van der Waals surface area contributed by atoms with Gasteiger partial charge >= 0.3 is 0 Å². The van der Waals surface area contributed by atoms with Crippen LogP contribution in [0.25, 0.3) is 27.9 Å². The lowest BCUT2D eigenvalue weighted by molar-refractivity contribution is 0.299. The number of pyridine rings is 1. The Labute approximate surface area is 228 Å². The van der Waals surface area contributed by atoms with E-state index in [0.717, 1.165) is 49.8 Å². The van der Waals surface area contributed by atoms with E-state index < -0.39 is 11.6 Å². The normalized spacial score (nSPS) is 16.5. The van der Waals surface area contributed by atoms with Crippen LogP contribution in [0, 0.1) is 24.5 Å². The average Bonchev–Trinajstić information content (AvgIpc) is 3.09. The minimum absolute atomic E-state index is 0.00180. The molecule has 3 aromatic heterocycles. The lowest BCUT2D eigenvalue weighted by atomic mass is 9.89. The highest BCUT2D eigenvalue weighted by atomic mass is 19.1.